The minimum atomic E-state index is -0.430. The van der Waals surface area contributed by atoms with E-state index in [0.717, 1.165) is 26.1 Å². The van der Waals surface area contributed by atoms with Crippen molar-refractivity contribution in [3.8, 4) is 0 Å². The molecule has 2 atom stereocenters. The Morgan fingerprint density at radius 3 is 2.47 bits per heavy atom. The van der Waals surface area contributed by atoms with Crippen molar-refractivity contribution in [1.29, 1.82) is 0 Å². The van der Waals surface area contributed by atoms with Crippen LogP contribution in [0.25, 0.3) is 0 Å². The molecule has 1 saturated heterocycles. The molecule has 112 valence electrons. The lowest BCUT2D eigenvalue weighted by molar-refractivity contribution is 0.0434. The van der Waals surface area contributed by atoms with Gasteiger partial charge in [0.25, 0.3) is 0 Å². The number of piperidine rings is 1. The number of nitrogens with one attached hydrogen (secondary N) is 1. The summed E-state index contributed by atoms with van der Waals surface area (Å²) in [6.45, 7) is 15.5. The van der Waals surface area contributed by atoms with Gasteiger partial charge in [-0.2, -0.15) is 0 Å². The SMILES string of the molecule is CCN1CC(NC(=O)OC(C)(C)C)CC(C(C)C)C1. The quantitative estimate of drug-likeness (QED) is 0.857. The van der Waals surface area contributed by atoms with E-state index in [4.69, 9.17) is 4.74 Å². The zero-order valence-corrected chi connectivity index (χ0v) is 13.3. The summed E-state index contributed by atoms with van der Waals surface area (Å²) in [6, 6.07) is 0.205. The van der Waals surface area contributed by atoms with Crippen LogP contribution in [0.2, 0.25) is 0 Å². The molecular weight excluding hydrogens is 240 g/mol. The Bertz CT molecular complexity index is 297. The number of alkyl carbamates (subject to hydrolysis) is 1. The van der Waals surface area contributed by atoms with Crippen LogP contribution in [0.5, 0.6) is 0 Å². The number of likely N-dealkylation sites (N-methyl/N-ethyl adjacent to an activating group) is 1. The fourth-order valence-corrected chi connectivity index (χ4v) is 2.55. The molecule has 4 nitrogen and oxygen atoms in total. The summed E-state index contributed by atoms with van der Waals surface area (Å²) < 4.78 is 5.34. The largest absolute Gasteiger partial charge is 0.444 e. The predicted octanol–water partition coefficient (Wildman–Crippen LogP) is 2.88. The Morgan fingerprint density at radius 2 is 2.00 bits per heavy atom. The zero-order chi connectivity index (χ0) is 14.6. The molecule has 0 aromatic rings. The second-order valence-electron chi connectivity index (χ2n) is 6.94. The number of amides is 1. The Labute approximate surface area is 117 Å². The summed E-state index contributed by atoms with van der Waals surface area (Å²) in [5.74, 6) is 1.30. The first-order valence-corrected chi connectivity index (χ1v) is 7.43. The third kappa shape index (κ3) is 5.81. The molecule has 1 aliphatic heterocycles. The van der Waals surface area contributed by atoms with Crippen molar-refractivity contribution >= 4 is 6.09 Å². The molecule has 0 spiro atoms. The molecule has 4 heteroatoms. The molecule has 1 fully saturated rings. The van der Waals surface area contributed by atoms with Gasteiger partial charge in [-0.25, -0.2) is 4.79 Å². The van der Waals surface area contributed by atoms with Gasteiger partial charge in [-0.15, -0.1) is 0 Å². The maximum absolute atomic E-state index is 11.8. The average molecular weight is 270 g/mol. The first-order chi connectivity index (χ1) is 8.71. The molecule has 19 heavy (non-hydrogen) atoms. The van der Waals surface area contributed by atoms with Crippen molar-refractivity contribution in [3.05, 3.63) is 0 Å². The number of carbonyl (C=O) groups is 1. The first-order valence-electron chi connectivity index (χ1n) is 7.43. The lowest BCUT2D eigenvalue weighted by atomic mass is 9.85. The Kier molecular flexibility index (Phi) is 5.65. The summed E-state index contributed by atoms with van der Waals surface area (Å²) >= 11 is 0. The van der Waals surface area contributed by atoms with Gasteiger partial charge in [-0.1, -0.05) is 20.8 Å². The van der Waals surface area contributed by atoms with E-state index in [1.165, 1.54) is 0 Å². The van der Waals surface area contributed by atoms with Crippen molar-refractivity contribution in [1.82, 2.24) is 10.2 Å². The number of hydrogen-bond acceptors (Lipinski definition) is 3. The van der Waals surface area contributed by atoms with Crippen LogP contribution in [0, 0.1) is 11.8 Å². The smallest absolute Gasteiger partial charge is 0.407 e. The van der Waals surface area contributed by atoms with Gasteiger partial charge in [0.1, 0.15) is 5.60 Å². The molecule has 1 heterocycles. The maximum Gasteiger partial charge on any atom is 0.407 e. The number of ether oxygens (including phenoxy) is 1. The molecule has 0 aliphatic carbocycles. The molecule has 0 bridgehead atoms. The minimum Gasteiger partial charge on any atom is -0.444 e. The van der Waals surface area contributed by atoms with E-state index in [2.05, 4.69) is 31.0 Å². The van der Waals surface area contributed by atoms with Gasteiger partial charge in [0.05, 0.1) is 0 Å². The number of hydrogen-bond donors (Lipinski definition) is 1. The van der Waals surface area contributed by atoms with E-state index in [1.807, 2.05) is 20.8 Å². The van der Waals surface area contributed by atoms with Crippen LogP contribution in [0.1, 0.15) is 48.0 Å². The minimum absolute atomic E-state index is 0.205. The molecule has 0 saturated carbocycles. The van der Waals surface area contributed by atoms with E-state index in [0.29, 0.717) is 11.8 Å². The van der Waals surface area contributed by atoms with Crippen molar-refractivity contribution in [2.45, 2.75) is 59.6 Å². The predicted molar refractivity (Wildman–Crippen MR) is 78.2 cm³/mol. The second kappa shape index (κ2) is 6.60. The van der Waals surface area contributed by atoms with E-state index in [-0.39, 0.29) is 12.1 Å². The fraction of sp³-hybridized carbons (Fsp3) is 0.933. The Balaban J connectivity index is 2.54. The van der Waals surface area contributed by atoms with Crippen LogP contribution in [0.4, 0.5) is 4.79 Å². The third-order valence-electron chi connectivity index (χ3n) is 3.67. The highest BCUT2D eigenvalue weighted by atomic mass is 16.6. The summed E-state index contributed by atoms with van der Waals surface area (Å²) in [6.07, 6.45) is 0.755. The molecule has 1 rings (SSSR count). The summed E-state index contributed by atoms with van der Waals surface area (Å²) in [4.78, 5) is 14.3. The number of nitrogens with zero attached hydrogens (tertiary/aromatic N) is 1. The molecule has 1 aliphatic rings. The molecule has 0 aromatic heterocycles. The van der Waals surface area contributed by atoms with Crippen molar-refractivity contribution in [2.24, 2.45) is 11.8 Å². The zero-order valence-electron chi connectivity index (χ0n) is 13.3. The van der Waals surface area contributed by atoms with Crippen LogP contribution >= 0.6 is 0 Å². The molecule has 0 radical (unpaired) electrons. The lowest BCUT2D eigenvalue weighted by Crippen LogP contribution is -2.52. The van der Waals surface area contributed by atoms with Gasteiger partial charge >= 0.3 is 6.09 Å². The molecule has 1 amide bonds. The maximum atomic E-state index is 11.8. The van der Waals surface area contributed by atoms with E-state index in [1.54, 1.807) is 0 Å². The first kappa shape index (κ1) is 16.3. The van der Waals surface area contributed by atoms with Crippen molar-refractivity contribution in [2.75, 3.05) is 19.6 Å². The topological polar surface area (TPSA) is 41.6 Å². The highest BCUT2D eigenvalue weighted by molar-refractivity contribution is 5.68. The van der Waals surface area contributed by atoms with E-state index < -0.39 is 5.60 Å². The standard InChI is InChI=1S/C15H30N2O2/c1-7-17-9-12(11(2)3)8-13(10-17)16-14(18)19-15(4,5)6/h11-13H,7-10H2,1-6H3,(H,16,18). The normalized spacial score (nSPS) is 25.4. The summed E-state index contributed by atoms with van der Waals surface area (Å²) in [5.41, 5.74) is -0.430. The van der Waals surface area contributed by atoms with Gasteiger partial charge in [0.15, 0.2) is 0 Å². The molecule has 0 aromatic carbocycles. The van der Waals surface area contributed by atoms with Gasteiger partial charge in [-0.3, -0.25) is 0 Å². The van der Waals surface area contributed by atoms with Crippen LogP contribution in [-0.4, -0.2) is 42.3 Å². The van der Waals surface area contributed by atoms with Crippen LogP contribution in [-0.2, 0) is 4.74 Å². The number of carbonyl (C=O) groups excluding carboxylic acids is 1. The third-order valence-corrected chi connectivity index (χ3v) is 3.67. The van der Waals surface area contributed by atoms with Crippen molar-refractivity contribution in [3.63, 3.8) is 0 Å². The molecule has 2 unspecified atom stereocenters. The summed E-state index contributed by atoms with van der Waals surface area (Å²) in [5, 5.41) is 3.02. The van der Waals surface area contributed by atoms with Crippen LogP contribution in [0.3, 0.4) is 0 Å². The highest BCUT2D eigenvalue weighted by Crippen LogP contribution is 2.24. The van der Waals surface area contributed by atoms with Crippen LogP contribution in [0.15, 0.2) is 0 Å². The average Bonchev–Trinajstić information content (AvgIpc) is 2.25. The Morgan fingerprint density at radius 1 is 1.37 bits per heavy atom. The fourth-order valence-electron chi connectivity index (χ4n) is 2.55. The Hall–Kier alpha value is -0.770. The number of rotatable bonds is 3. The monoisotopic (exact) mass is 270 g/mol. The lowest BCUT2D eigenvalue weighted by Gasteiger charge is -2.39. The second-order valence-corrected chi connectivity index (χ2v) is 6.94. The van der Waals surface area contributed by atoms with E-state index in [9.17, 15) is 4.79 Å². The number of likely N-dealkylation sites (tertiary alicyclic amines) is 1. The summed E-state index contributed by atoms with van der Waals surface area (Å²) in [7, 11) is 0. The van der Waals surface area contributed by atoms with Gasteiger partial charge in [-0.05, 0) is 45.6 Å². The van der Waals surface area contributed by atoms with Gasteiger partial charge in [0.2, 0.25) is 0 Å². The van der Waals surface area contributed by atoms with Gasteiger partial charge < -0.3 is 15.0 Å². The van der Waals surface area contributed by atoms with E-state index >= 15 is 0 Å². The van der Waals surface area contributed by atoms with Crippen molar-refractivity contribution < 1.29 is 9.53 Å². The highest BCUT2D eigenvalue weighted by Gasteiger charge is 2.30. The van der Waals surface area contributed by atoms with Crippen LogP contribution < -0.4 is 5.32 Å². The van der Waals surface area contributed by atoms with Gasteiger partial charge in [0, 0.05) is 19.1 Å². The molecule has 1 N–H and O–H groups in total. The molecular formula is C15H30N2O2.